The molecule has 1 saturated heterocycles. The number of carbonyl (C=O) groups is 1. The first-order valence-corrected chi connectivity index (χ1v) is 8.42. The zero-order chi connectivity index (χ0) is 16.8. The van der Waals surface area contributed by atoms with Gasteiger partial charge in [0.15, 0.2) is 0 Å². The summed E-state index contributed by atoms with van der Waals surface area (Å²) in [6.45, 7) is 7.96. The summed E-state index contributed by atoms with van der Waals surface area (Å²) < 4.78 is 5.87. The molecule has 5 heteroatoms. The van der Waals surface area contributed by atoms with Crippen LogP contribution < -0.4 is 4.74 Å². The second-order valence-electron chi connectivity index (χ2n) is 7.14. The molecule has 1 aliphatic heterocycles. The molecule has 1 aromatic rings. The SMILES string of the molecule is CC(C)CN1C[C@@H](COc2cccnc2)C[C@@H](C(=O)N(C)C)C1. The third-order valence-corrected chi connectivity index (χ3v) is 4.15. The van der Waals surface area contributed by atoms with Gasteiger partial charge in [-0.15, -0.1) is 0 Å². The van der Waals surface area contributed by atoms with Gasteiger partial charge in [0, 0.05) is 45.8 Å². The van der Waals surface area contributed by atoms with Gasteiger partial charge in [-0.25, -0.2) is 0 Å². The van der Waals surface area contributed by atoms with E-state index in [1.54, 1.807) is 17.3 Å². The number of pyridine rings is 1. The third kappa shape index (κ3) is 5.50. The minimum atomic E-state index is 0.0694. The van der Waals surface area contributed by atoms with Crippen LogP contribution in [0, 0.1) is 17.8 Å². The molecule has 128 valence electrons. The molecule has 0 aromatic carbocycles. The first-order chi connectivity index (χ1) is 11.0. The number of aromatic nitrogens is 1. The highest BCUT2D eigenvalue weighted by Crippen LogP contribution is 2.25. The van der Waals surface area contributed by atoms with Crippen molar-refractivity contribution in [2.45, 2.75) is 20.3 Å². The maximum Gasteiger partial charge on any atom is 0.226 e. The summed E-state index contributed by atoms with van der Waals surface area (Å²) in [5.41, 5.74) is 0. The minimum absolute atomic E-state index is 0.0694. The number of piperidine rings is 1. The summed E-state index contributed by atoms with van der Waals surface area (Å²) in [4.78, 5) is 20.6. The molecule has 5 nitrogen and oxygen atoms in total. The van der Waals surface area contributed by atoms with Gasteiger partial charge in [-0.3, -0.25) is 9.78 Å². The summed E-state index contributed by atoms with van der Waals surface area (Å²) in [6, 6.07) is 3.80. The van der Waals surface area contributed by atoms with E-state index in [9.17, 15) is 4.79 Å². The molecular weight excluding hydrogens is 290 g/mol. The number of hydrogen-bond acceptors (Lipinski definition) is 4. The summed E-state index contributed by atoms with van der Waals surface area (Å²) in [7, 11) is 3.68. The van der Waals surface area contributed by atoms with Crippen molar-refractivity contribution in [2.24, 2.45) is 17.8 Å². The van der Waals surface area contributed by atoms with E-state index in [4.69, 9.17) is 4.74 Å². The molecule has 0 N–H and O–H groups in total. The Morgan fingerprint density at radius 2 is 2.22 bits per heavy atom. The molecule has 0 bridgehead atoms. The van der Waals surface area contributed by atoms with Crippen molar-refractivity contribution in [3.8, 4) is 5.75 Å². The first kappa shape index (κ1) is 17.7. The fraction of sp³-hybridized carbons (Fsp3) is 0.667. The van der Waals surface area contributed by atoms with Crippen LogP contribution in [0.5, 0.6) is 5.75 Å². The first-order valence-electron chi connectivity index (χ1n) is 8.42. The van der Waals surface area contributed by atoms with Gasteiger partial charge in [0.25, 0.3) is 0 Å². The molecule has 1 fully saturated rings. The van der Waals surface area contributed by atoms with E-state index in [1.807, 2.05) is 26.2 Å². The lowest BCUT2D eigenvalue weighted by Gasteiger charge is -2.38. The Bertz CT molecular complexity index is 490. The maximum atomic E-state index is 12.4. The molecule has 2 rings (SSSR count). The molecule has 0 unspecified atom stereocenters. The molecule has 2 atom stereocenters. The van der Waals surface area contributed by atoms with Crippen molar-refractivity contribution in [1.29, 1.82) is 0 Å². The van der Waals surface area contributed by atoms with Crippen LogP contribution in [0.2, 0.25) is 0 Å². The second kappa shape index (κ2) is 8.29. The largest absolute Gasteiger partial charge is 0.492 e. The fourth-order valence-corrected chi connectivity index (χ4v) is 3.28. The van der Waals surface area contributed by atoms with Crippen LogP contribution in [0.25, 0.3) is 0 Å². The van der Waals surface area contributed by atoms with Crippen LogP contribution in [-0.2, 0) is 4.79 Å². The Morgan fingerprint density at radius 1 is 1.43 bits per heavy atom. The van der Waals surface area contributed by atoms with Crippen molar-refractivity contribution < 1.29 is 9.53 Å². The Kier molecular flexibility index (Phi) is 6.39. The standard InChI is InChI=1S/C18H29N3O2/c1-14(2)10-21-11-15(8-16(12-21)18(22)20(3)4)13-23-17-6-5-7-19-9-17/h5-7,9,14-16H,8,10-13H2,1-4H3/t15-,16+/m0/s1. The highest BCUT2D eigenvalue weighted by Gasteiger charge is 2.32. The summed E-state index contributed by atoms with van der Waals surface area (Å²) in [6.07, 6.45) is 4.37. The Hall–Kier alpha value is -1.62. The molecular formula is C18H29N3O2. The average Bonchev–Trinajstić information content (AvgIpc) is 2.52. The van der Waals surface area contributed by atoms with Crippen LogP contribution in [0.3, 0.4) is 0 Å². The molecule has 1 aromatic heterocycles. The number of nitrogens with zero attached hydrogens (tertiary/aromatic N) is 3. The zero-order valence-corrected chi connectivity index (χ0v) is 14.7. The van der Waals surface area contributed by atoms with Crippen molar-refractivity contribution in [3.63, 3.8) is 0 Å². The summed E-state index contributed by atoms with van der Waals surface area (Å²) in [5, 5.41) is 0. The van der Waals surface area contributed by atoms with E-state index in [0.717, 1.165) is 31.8 Å². The smallest absolute Gasteiger partial charge is 0.226 e. The quantitative estimate of drug-likeness (QED) is 0.806. The lowest BCUT2D eigenvalue weighted by atomic mass is 9.88. The molecule has 0 saturated carbocycles. The third-order valence-electron chi connectivity index (χ3n) is 4.15. The maximum absolute atomic E-state index is 12.4. The van der Waals surface area contributed by atoms with Gasteiger partial charge in [-0.2, -0.15) is 0 Å². The van der Waals surface area contributed by atoms with Crippen LogP contribution in [-0.4, -0.2) is 61.0 Å². The topological polar surface area (TPSA) is 45.7 Å². The molecule has 0 spiro atoms. The highest BCUT2D eigenvalue weighted by molar-refractivity contribution is 5.78. The normalized spacial score (nSPS) is 22.1. The monoisotopic (exact) mass is 319 g/mol. The minimum Gasteiger partial charge on any atom is -0.492 e. The molecule has 0 aliphatic carbocycles. The van der Waals surface area contributed by atoms with Crippen molar-refractivity contribution >= 4 is 5.91 Å². The van der Waals surface area contributed by atoms with Gasteiger partial charge in [0.2, 0.25) is 5.91 Å². The van der Waals surface area contributed by atoms with Gasteiger partial charge in [0.1, 0.15) is 5.75 Å². The molecule has 2 heterocycles. The van der Waals surface area contributed by atoms with Gasteiger partial charge < -0.3 is 14.5 Å². The average molecular weight is 319 g/mol. The van der Waals surface area contributed by atoms with Crippen LogP contribution in [0.4, 0.5) is 0 Å². The Balaban J connectivity index is 1.97. The summed E-state index contributed by atoms with van der Waals surface area (Å²) in [5.74, 6) is 2.06. The van der Waals surface area contributed by atoms with Crippen molar-refractivity contribution in [1.82, 2.24) is 14.8 Å². The summed E-state index contributed by atoms with van der Waals surface area (Å²) >= 11 is 0. The second-order valence-corrected chi connectivity index (χ2v) is 7.14. The number of carbonyl (C=O) groups excluding carboxylic acids is 1. The van der Waals surface area contributed by atoms with E-state index in [2.05, 4.69) is 23.7 Å². The molecule has 23 heavy (non-hydrogen) atoms. The van der Waals surface area contributed by atoms with Crippen molar-refractivity contribution in [2.75, 3.05) is 40.3 Å². The number of amides is 1. The zero-order valence-electron chi connectivity index (χ0n) is 14.7. The van der Waals surface area contributed by atoms with Crippen molar-refractivity contribution in [3.05, 3.63) is 24.5 Å². The lowest BCUT2D eigenvalue weighted by Crippen LogP contribution is -2.48. The van der Waals surface area contributed by atoms with E-state index < -0.39 is 0 Å². The predicted molar refractivity (Wildman–Crippen MR) is 91.3 cm³/mol. The van der Waals surface area contributed by atoms with E-state index >= 15 is 0 Å². The van der Waals surface area contributed by atoms with Gasteiger partial charge in [-0.05, 0) is 24.5 Å². The van der Waals surface area contributed by atoms with Crippen LogP contribution in [0.15, 0.2) is 24.5 Å². The lowest BCUT2D eigenvalue weighted by molar-refractivity contribution is -0.135. The number of likely N-dealkylation sites (tertiary alicyclic amines) is 1. The van der Waals surface area contributed by atoms with E-state index in [1.165, 1.54) is 0 Å². The van der Waals surface area contributed by atoms with Crippen LogP contribution >= 0.6 is 0 Å². The number of rotatable bonds is 6. The van der Waals surface area contributed by atoms with Gasteiger partial charge >= 0.3 is 0 Å². The van der Waals surface area contributed by atoms with E-state index in [-0.39, 0.29) is 11.8 Å². The highest BCUT2D eigenvalue weighted by atomic mass is 16.5. The number of ether oxygens (including phenoxy) is 1. The van der Waals surface area contributed by atoms with Crippen LogP contribution in [0.1, 0.15) is 20.3 Å². The number of hydrogen-bond donors (Lipinski definition) is 0. The molecule has 1 aliphatic rings. The predicted octanol–water partition coefficient (Wildman–Crippen LogP) is 2.14. The van der Waals surface area contributed by atoms with E-state index in [0.29, 0.717) is 18.4 Å². The molecule has 1 amide bonds. The van der Waals surface area contributed by atoms with Gasteiger partial charge in [0.05, 0.1) is 18.7 Å². The molecule has 0 radical (unpaired) electrons. The Labute approximate surface area is 139 Å². The fourth-order valence-electron chi connectivity index (χ4n) is 3.28. The Morgan fingerprint density at radius 3 is 2.83 bits per heavy atom. The van der Waals surface area contributed by atoms with Gasteiger partial charge in [-0.1, -0.05) is 13.8 Å².